The average Bonchev–Trinajstić information content (AvgIpc) is 3.40. The molecule has 0 aliphatic rings. The van der Waals surface area contributed by atoms with Crippen LogP contribution in [0.25, 0.3) is 0 Å². The van der Waals surface area contributed by atoms with Crippen LogP contribution in [0.1, 0.15) is 35.2 Å². The van der Waals surface area contributed by atoms with Crippen LogP contribution in [-0.2, 0) is 26.0 Å². The van der Waals surface area contributed by atoms with Crippen molar-refractivity contribution < 1.29 is 44.3 Å². The van der Waals surface area contributed by atoms with Crippen molar-refractivity contribution in [2.45, 2.75) is 39.6 Å². The maximum absolute atomic E-state index is 13.1. The van der Waals surface area contributed by atoms with Crippen molar-refractivity contribution in [1.82, 2.24) is 4.98 Å². The number of halogens is 4. The van der Waals surface area contributed by atoms with Crippen LogP contribution in [0.2, 0.25) is 0 Å². The molecule has 39 heavy (non-hydrogen) atoms. The third-order valence-corrected chi connectivity index (χ3v) is 10.2. The first kappa shape index (κ1) is 30.7. The van der Waals surface area contributed by atoms with Crippen LogP contribution >= 0.6 is 22.9 Å². The van der Waals surface area contributed by atoms with Crippen LogP contribution in [0, 0.1) is 0 Å². The number of carbonyl (C=O) groups excluding carboxylic acids is 1. The Morgan fingerprint density at radius 2 is 1.74 bits per heavy atom. The fourth-order valence-corrected chi connectivity index (χ4v) is 7.47. The van der Waals surface area contributed by atoms with Gasteiger partial charge in [-0.05, 0) is 37.1 Å². The average molecular weight is 627 g/mol. The highest BCUT2D eigenvalue weighted by molar-refractivity contribution is 7.94. The molecule has 0 radical (unpaired) electrons. The maximum atomic E-state index is 13.1. The molecule has 2 aromatic heterocycles. The fraction of sp³-hybridized carbons (Fsp3) is 0.304. The minimum absolute atomic E-state index is 0.0322. The van der Waals surface area contributed by atoms with Crippen LogP contribution in [0.4, 0.5) is 18.9 Å². The number of benzene rings is 1. The number of pyridine rings is 1. The van der Waals surface area contributed by atoms with E-state index >= 15 is 0 Å². The summed E-state index contributed by atoms with van der Waals surface area (Å²) in [6.45, 7) is 0. The highest BCUT2D eigenvalue weighted by atomic mass is 35.5. The number of aromatic nitrogens is 1. The van der Waals surface area contributed by atoms with Crippen molar-refractivity contribution in [2.24, 2.45) is 0 Å². The molecule has 1 aromatic carbocycles. The predicted molar refractivity (Wildman–Crippen MR) is 138 cm³/mol. The second kappa shape index (κ2) is 12.1. The van der Waals surface area contributed by atoms with Gasteiger partial charge in [-0.1, -0.05) is 0 Å². The van der Waals surface area contributed by atoms with Gasteiger partial charge in [0.2, 0.25) is 9.84 Å². The lowest BCUT2D eigenvalue weighted by Gasteiger charge is -2.15. The molecule has 0 bridgehead atoms. The number of Topliss-reactive ketones (excluding diaryl/α,β-unsaturated/α-hetero) is 1. The molecule has 3 aromatic rings. The van der Waals surface area contributed by atoms with Gasteiger partial charge in [0.1, 0.15) is 15.7 Å². The number of anilines is 1. The van der Waals surface area contributed by atoms with Crippen molar-refractivity contribution in [3.63, 3.8) is 0 Å². The van der Waals surface area contributed by atoms with E-state index in [4.69, 9.17) is 21.1 Å². The molecule has 2 heterocycles. The number of ketones is 1. The summed E-state index contributed by atoms with van der Waals surface area (Å²) >= 11 is 6.21. The summed E-state index contributed by atoms with van der Waals surface area (Å²) in [6, 6.07) is 4.71. The summed E-state index contributed by atoms with van der Waals surface area (Å²) < 4.78 is 103. The number of sulfone groups is 1. The Labute approximate surface area is 231 Å². The molecule has 16 heteroatoms. The SMILES string of the molecule is COc1cc(OC)c(C(=O)CCCCCl)cc1NS(=O)(=O)c1csc(S(=O)(=O)c2ccc(C(F)(F)F)cn2)c1. The first-order valence-corrected chi connectivity index (χ1v) is 15.4. The van der Waals surface area contributed by atoms with Crippen LogP contribution in [0.15, 0.2) is 56.0 Å². The normalized spacial score (nSPS) is 12.3. The van der Waals surface area contributed by atoms with Gasteiger partial charge < -0.3 is 9.47 Å². The molecule has 1 N–H and O–H groups in total. The van der Waals surface area contributed by atoms with Gasteiger partial charge >= 0.3 is 6.18 Å². The van der Waals surface area contributed by atoms with E-state index in [1.54, 1.807) is 0 Å². The van der Waals surface area contributed by atoms with E-state index in [1.807, 2.05) is 0 Å². The van der Waals surface area contributed by atoms with Gasteiger partial charge in [0, 0.05) is 29.9 Å². The zero-order chi connectivity index (χ0) is 29.0. The van der Waals surface area contributed by atoms with Crippen molar-refractivity contribution in [3.8, 4) is 11.5 Å². The van der Waals surface area contributed by atoms with Gasteiger partial charge in [-0.15, -0.1) is 22.9 Å². The Kier molecular flexibility index (Phi) is 9.51. The van der Waals surface area contributed by atoms with Gasteiger partial charge in [-0.3, -0.25) is 9.52 Å². The Morgan fingerprint density at radius 3 is 2.31 bits per heavy atom. The number of unbranched alkanes of at least 4 members (excludes halogenated alkanes) is 1. The van der Waals surface area contributed by atoms with E-state index < -0.39 is 45.7 Å². The quantitative estimate of drug-likeness (QED) is 0.161. The molecule has 0 spiro atoms. The highest BCUT2D eigenvalue weighted by Crippen LogP contribution is 2.37. The van der Waals surface area contributed by atoms with Gasteiger partial charge in [0.05, 0.1) is 35.9 Å². The highest BCUT2D eigenvalue weighted by Gasteiger charge is 2.32. The van der Waals surface area contributed by atoms with Crippen molar-refractivity contribution in [2.75, 3.05) is 24.8 Å². The Balaban J connectivity index is 1.93. The largest absolute Gasteiger partial charge is 0.496 e. The van der Waals surface area contributed by atoms with Crippen molar-refractivity contribution in [3.05, 3.63) is 53.0 Å². The summed E-state index contributed by atoms with van der Waals surface area (Å²) in [5, 5.41) is 0.372. The van der Waals surface area contributed by atoms with Crippen LogP contribution in [0.5, 0.6) is 11.5 Å². The number of nitrogens with one attached hydrogen (secondary N) is 1. The number of thiophene rings is 1. The van der Waals surface area contributed by atoms with E-state index in [2.05, 4.69) is 9.71 Å². The smallest absolute Gasteiger partial charge is 0.417 e. The minimum atomic E-state index is -4.71. The molecule has 0 saturated heterocycles. The zero-order valence-corrected chi connectivity index (χ0v) is 23.6. The topological polar surface area (TPSA) is 129 Å². The number of hydrogen-bond acceptors (Lipinski definition) is 9. The van der Waals surface area contributed by atoms with Crippen LogP contribution < -0.4 is 14.2 Å². The lowest BCUT2D eigenvalue weighted by molar-refractivity contribution is -0.137. The summed E-state index contributed by atoms with van der Waals surface area (Å²) in [6.07, 6.45) is -3.06. The van der Waals surface area contributed by atoms with Crippen LogP contribution in [-0.4, -0.2) is 47.7 Å². The summed E-state index contributed by atoms with van der Waals surface area (Å²) in [5.41, 5.74) is -1.13. The molecular weight excluding hydrogens is 605 g/mol. The number of alkyl halides is 4. The second-order valence-corrected chi connectivity index (χ2v) is 13.0. The molecule has 0 fully saturated rings. The standard InChI is InChI=1S/C23H22ClF3N2O7S3/c1-35-19-11-20(36-2)17(10-16(19)18(30)5-3-4-8-24)29-39(33,34)15-9-22(37-13-15)38(31,32)21-7-6-14(12-28-21)23(25,26)27/h6-7,9-13,29H,3-5,8H2,1-2H3. The summed E-state index contributed by atoms with van der Waals surface area (Å²) in [7, 11) is -6.19. The number of methoxy groups -OCH3 is 2. The van der Waals surface area contributed by atoms with Gasteiger partial charge in [-0.2, -0.15) is 13.2 Å². The molecule has 0 aliphatic carbocycles. The fourth-order valence-electron chi connectivity index (χ4n) is 3.31. The molecule has 0 unspecified atom stereocenters. The predicted octanol–water partition coefficient (Wildman–Crippen LogP) is 5.40. The van der Waals surface area contributed by atoms with E-state index in [1.165, 1.54) is 26.4 Å². The van der Waals surface area contributed by atoms with Crippen LogP contribution in [0.3, 0.4) is 0 Å². The van der Waals surface area contributed by atoms with Crippen molar-refractivity contribution >= 4 is 54.3 Å². The number of rotatable bonds is 12. The van der Waals surface area contributed by atoms with E-state index in [9.17, 15) is 34.8 Å². The Bertz CT molecular complexity index is 1560. The van der Waals surface area contributed by atoms with E-state index in [0.717, 1.165) is 11.4 Å². The van der Waals surface area contributed by atoms with Gasteiger partial charge in [0.25, 0.3) is 10.0 Å². The molecule has 3 rings (SSSR count). The molecule has 0 atom stereocenters. The number of hydrogen-bond donors (Lipinski definition) is 1. The third kappa shape index (κ3) is 7.01. The van der Waals surface area contributed by atoms with Crippen molar-refractivity contribution in [1.29, 1.82) is 0 Å². The first-order valence-electron chi connectivity index (χ1n) is 11.0. The molecule has 0 aliphatic heterocycles. The first-order chi connectivity index (χ1) is 18.2. The molecule has 0 saturated carbocycles. The monoisotopic (exact) mass is 626 g/mol. The molecular formula is C23H22ClF3N2O7S3. The second-order valence-electron chi connectivity index (χ2n) is 7.92. The lowest BCUT2D eigenvalue weighted by atomic mass is 10.0. The maximum Gasteiger partial charge on any atom is 0.417 e. The number of sulfonamides is 1. The molecule has 212 valence electrons. The van der Waals surface area contributed by atoms with Gasteiger partial charge in [0.15, 0.2) is 10.8 Å². The minimum Gasteiger partial charge on any atom is -0.496 e. The van der Waals surface area contributed by atoms with E-state index in [0.29, 0.717) is 48.4 Å². The van der Waals surface area contributed by atoms with E-state index in [-0.39, 0.29) is 35.0 Å². The number of nitrogens with zero attached hydrogens (tertiary/aromatic N) is 1. The molecule has 9 nitrogen and oxygen atoms in total. The van der Waals surface area contributed by atoms with Gasteiger partial charge in [-0.25, -0.2) is 21.8 Å². The number of carbonyl (C=O) groups is 1. The Morgan fingerprint density at radius 1 is 1.05 bits per heavy atom. The third-order valence-electron chi connectivity index (χ3n) is 5.32. The molecule has 0 amide bonds. The lowest BCUT2D eigenvalue weighted by Crippen LogP contribution is -2.14. The number of ether oxygens (including phenoxy) is 2. The summed E-state index contributed by atoms with van der Waals surface area (Å²) in [5.74, 6) is 0.266. The zero-order valence-electron chi connectivity index (χ0n) is 20.4. The Hall–Kier alpha value is -2.88. The summed E-state index contributed by atoms with van der Waals surface area (Å²) in [4.78, 5) is 15.7.